The lowest BCUT2D eigenvalue weighted by atomic mass is 9.85. The minimum absolute atomic E-state index is 0.0244. The molecule has 0 bridgehead atoms. The number of aromatic nitrogens is 1. The van der Waals surface area contributed by atoms with Gasteiger partial charge in [0.15, 0.2) is 5.78 Å². The van der Waals surface area contributed by atoms with E-state index in [1.165, 1.54) is 5.56 Å². The summed E-state index contributed by atoms with van der Waals surface area (Å²) in [6.07, 6.45) is 0. The molecular weight excluding hydrogens is 230 g/mol. The quantitative estimate of drug-likeness (QED) is 0.772. The fraction of sp³-hybridized carbons (Fsp3) is 0.286. The van der Waals surface area contributed by atoms with Crippen LogP contribution in [-0.2, 0) is 5.41 Å². The van der Waals surface area contributed by atoms with Crippen molar-refractivity contribution in [1.82, 2.24) is 4.98 Å². The molecule has 1 heterocycles. The second kappa shape index (κ2) is 4.41. The molecule has 1 aromatic carbocycles. The van der Waals surface area contributed by atoms with Gasteiger partial charge in [-0.2, -0.15) is 0 Å². The molecule has 0 unspecified atom stereocenters. The molecule has 88 valence electrons. The van der Waals surface area contributed by atoms with E-state index in [0.717, 1.165) is 5.01 Å². The molecule has 0 fully saturated rings. The van der Waals surface area contributed by atoms with Gasteiger partial charge in [-0.1, -0.05) is 30.3 Å². The molecule has 0 saturated carbocycles. The van der Waals surface area contributed by atoms with E-state index in [1.54, 1.807) is 18.3 Å². The number of nitrogens with zero attached hydrogens (tertiary/aromatic N) is 1. The van der Waals surface area contributed by atoms with Crippen molar-refractivity contribution in [2.24, 2.45) is 0 Å². The Bertz CT molecular complexity index is 528. The third-order valence-electron chi connectivity index (χ3n) is 2.90. The highest BCUT2D eigenvalue weighted by molar-refractivity contribution is 7.10. The number of Topliss-reactive ketones (excluding diaryl/α,β-unsaturated/α-hetero) is 1. The molecular formula is C14H15NOS. The summed E-state index contributed by atoms with van der Waals surface area (Å²) in [7, 11) is 0. The van der Waals surface area contributed by atoms with Crippen LogP contribution in [-0.4, -0.2) is 10.8 Å². The highest BCUT2D eigenvalue weighted by atomic mass is 32.1. The van der Waals surface area contributed by atoms with Crippen molar-refractivity contribution >= 4 is 17.1 Å². The minimum atomic E-state index is -0.153. The van der Waals surface area contributed by atoms with Crippen molar-refractivity contribution in [2.45, 2.75) is 26.2 Å². The van der Waals surface area contributed by atoms with Crippen molar-refractivity contribution in [3.63, 3.8) is 0 Å². The average molecular weight is 245 g/mol. The van der Waals surface area contributed by atoms with Crippen LogP contribution in [0.2, 0.25) is 0 Å². The summed E-state index contributed by atoms with van der Waals surface area (Å²) in [5, 5.41) is 2.82. The zero-order chi connectivity index (χ0) is 12.5. The molecule has 2 rings (SSSR count). The van der Waals surface area contributed by atoms with Crippen LogP contribution < -0.4 is 0 Å². The normalized spacial score (nSPS) is 11.5. The molecule has 0 N–H and O–H groups in total. The molecule has 0 aliphatic heterocycles. The number of hydrogen-bond acceptors (Lipinski definition) is 3. The van der Waals surface area contributed by atoms with Crippen LogP contribution in [0.1, 0.15) is 41.8 Å². The zero-order valence-corrected chi connectivity index (χ0v) is 11.0. The summed E-state index contributed by atoms with van der Waals surface area (Å²) in [4.78, 5) is 15.7. The molecule has 0 aliphatic rings. The largest absolute Gasteiger partial charge is 0.293 e. The van der Waals surface area contributed by atoms with Crippen LogP contribution in [0.4, 0.5) is 0 Å². The second-order valence-corrected chi connectivity index (χ2v) is 5.44. The Morgan fingerprint density at radius 3 is 2.41 bits per heavy atom. The van der Waals surface area contributed by atoms with E-state index in [9.17, 15) is 4.79 Å². The van der Waals surface area contributed by atoms with Crippen molar-refractivity contribution in [3.05, 3.63) is 52.0 Å². The van der Waals surface area contributed by atoms with Crippen LogP contribution in [0.3, 0.4) is 0 Å². The number of hydrogen-bond donors (Lipinski definition) is 0. The topological polar surface area (TPSA) is 30.0 Å². The van der Waals surface area contributed by atoms with Gasteiger partial charge in [-0.05, 0) is 19.4 Å². The number of benzene rings is 1. The van der Waals surface area contributed by atoms with Gasteiger partial charge in [0.05, 0.1) is 0 Å². The summed E-state index contributed by atoms with van der Waals surface area (Å²) in [6, 6.07) is 10.2. The third kappa shape index (κ3) is 2.29. The first-order valence-electron chi connectivity index (χ1n) is 5.54. The lowest BCUT2D eigenvalue weighted by molar-refractivity contribution is 0.101. The molecule has 0 radical (unpaired) electrons. The summed E-state index contributed by atoms with van der Waals surface area (Å²) in [5.41, 5.74) is 1.62. The van der Waals surface area contributed by atoms with E-state index in [0.29, 0.717) is 5.69 Å². The fourth-order valence-corrected chi connectivity index (χ4v) is 2.71. The SMILES string of the molecule is CC(=O)c1csc(C(C)(C)c2ccccc2)n1. The standard InChI is InChI=1S/C14H15NOS/c1-10(16)12-9-17-13(15-12)14(2,3)11-7-5-4-6-8-11/h4-9H,1-3H3. The summed E-state index contributed by atoms with van der Waals surface area (Å²) in [5.74, 6) is 0.0244. The van der Waals surface area contributed by atoms with E-state index in [1.807, 2.05) is 23.6 Å². The number of carbonyl (C=O) groups is 1. The first-order valence-corrected chi connectivity index (χ1v) is 6.42. The molecule has 0 spiro atoms. The number of carbonyl (C=O) groups excluding carboxylic acids is 1. The van der Waals surface area contributed by atoms with Gasteiger partial charge in [0, 0.05) is 17.7 Å². The molecule has 0 atom stereocenters. The Morgan fingerprint density at radius 1 is 1.24 bits per heavy atom. The third-order valence-corrected chi connectivity index (χ3v) is 4.06. The van der Waals surface area contributed by atoms with Gasteiger partial charge in [-0.15, -0.1) is 11.3 Å². The average Bonchev–Trinajstić information content (AvgIpc) is 2.80. The second-order valence-electron chi connectivity index (χ2n) is 4.59. The molecule has 1 aromatic heterocycles. The van der Waals surface area contributed by atoms with Crippen molar-refractivity contribution in [1.29, 1.82) is 0 Å². The Balaban J connectivity index is 2.41. The van der Waals surface area contributed by atoms with Crippen LogP contribution in [0, 0.1) is 0 Å². The Hall–Kier alpha value is -1.48. The molecule has 17 heavy (non-hydrogen) atoms. The molecule has 3 heteroatoms. The maximum atomic E-state index is 11.3. The molecule has 0 amide bonds. The van der Waals surface area contributed by atoms with Crippen LogP contribution >= 0.6 is 11.3 Å². The van der Waals surface area contributed by atoms with Gasteiger partial charge in [0.1, 0.15) is 10.7 Å². The van der Waals surface area contributed by atoms with E-state index in [4.69, 9.17) is 0 Å². The lowest BCUT2D eigenvalue weighted by Gasteiger charge is -2.22. The summed E-state index contributed by atoms with van der Waals surface area (Å²) >= 11 is 1.55. The van der Waals surface area contributed by atoms with Gasteiger partial charge < -0.3 is 0 Å². The Labute approximate surface area is 105 Å². The van der Waals surface area contributed by atoms with Crippen molar-refractivity contribution in [3.8, 4) is 0 Å². The van der Waals surface area contributed by atoms with Crippen LogP contribution in [0.5, 0.6) is 0 Å². The molecule has 2 nitrogen and oxygen atoms in total. The zero-order valence-electron chi connectivity index (χ0n) is 10.2. The molecule has 0 saturated heterocycles. The first kappa shape index (κ1) is 12.0. The van der Waals surface area contributed by atoms with Crippen molar-refractivity contribution < 1.29 is 4.79 Å². The number of ketones is 1. The lowest BCUT2D eigenvalue weighted by Crippen LogP contribution is -2.18. The highest BCUT2D eigenvalue weighted by Gasteiger charge is 2.26. The smallest absolute Gasteiger partial charge is 0.178 e. The first-order chi connectivity index (χ1) is 8.01. The number of rotatable bonds is 3. The van der Waals surface area contributed by atoms with E-state index in [-0.39, 0.29) is 11.2 Å². The van der Waals surface area contributed by atoms with Crippen LogP contribution in [0.15, 0.2) is 35.7 Å². The highest BCUT2D eigenvalue weighted by Crippen LogP contribution is 2.33. The maximum absolute atomic E-state index is 11.3. The Morgan fingerprint density at radius 2 is 1.88 bits per heavy atom. The van der Waals surface area contributed by atoms with Gasteiger partial charge in [-0.3, -0.25) is 4.79 Å². The summed E-state index contributed by atoms with van der Waals surface area (Å²) in [6.45, 7) is 5.81. The fourth-order valence-electron chi connectivity index (χ4n) is 1.70. The van der Waals surface area contributed by atoms with E-state index < -0.39 is 0 Å². The maximum Gasteiger partial charge on any atom is 0.178 e. The van der Waals surface area contributed by atoms with Gasteiger partial charge in [-0.25, -0.2) is 4.98 Å². The predicted octanol–water partition coefficient (Wildman–Crippen LogP) is 3.67. The van der Waals surface area contributed by atoms with Gasteiger partial charge in [0.2, 0.25) is 0 Å². The van der Waals surface area contributed by atoms with Gasteiger partial charge >= 0.3 is 0 Å². The molecule has 2 aromatic rings. The van der Waals surface area contributed by atoms with Crippen molar-refractivity contribution in [2.75, 3.05) is 0 Å². The van der Waals surface area contributed by atoms with E-state index in [2.05, 4.69) is 31.0 Å². The predicted molar refractivity (Wildman–Crippen MR) is 70.7 cm³/mol. The van der Waals surface area contributed by atoms with Gasteiger partial charge in [0.25, 0.3) is 0 Å². The summed E-state index contributed by atoms with van der Waals surface area (Å²) < 4.78 is 0. The molecule has 0 aliphatic carbocycles. The minimum Gasteiger partial charge on any atom is -0.293 e. The van der Waals surface area contributed by atoms with Crippen LogP contribution in [0.25, 0.3) is 0 Å². The number of thiazole rings is 1. The Kier molecular flexibility index (Phi) is 3.11. The van der Waals surface area contributed by atoms with E-state index >= 15 is 0 Å². The monoisotopic (exact) mass is 245 g/mol.